The molecular weight excluding hydrogens is 360 g/mol. The summed E-state index contributed by atoms with van der Waals surface area (Å²) < 4.78 is 10.8. The van der Waals surface area contributed by atoms with E-state index in [-0.39, 0.29) is 5.91 Å². The molecule has 0 saturated carbocycles. The number of hydrogen-bond acceptors (Lipinski definition) is 5. The standard InChI is InChI=1S/C21H24N2O3S/c1-4-11-26-19-10-9-17(12-20(19)25-3)13-22-23-21(24)15-27-14-18-8-6-5-7-16(18)2/h4-10,12-13H,1,11,14-15H2,2-3H3,(H,23,24). The van der Waals surface area contributed by atoms with Gasteiger partial charge in [0, 0.05) is 5.75 Å². The van der Waals surface area contributed by atoms with Crippen LogP contribution in [0.3, 0.4) is 0 Å². The maximum Gasteiger partial charge on any atom is 0.250 e. The lowest BCUT2D eigenvalue weighted by Crippen LogP contribution is -2.19. The molecule has 0 heterocycles. The zero-order valence-corrected chi connectivity index (χ0v) is 16.4. The number of carbonyl (C=O) groups excluding carboxylic acids is 1. The maximum atomic E-state index is 11.9. The molecular formula is C21H24N2O3S. The van der Waals surface area contributed by atoms with E-state index >= 15 is 0 Å². The third-order valence-electron chi connectivity index (χ3n) is 3.70. The maximum absolute atomic E-state index is 11.9. The van der Waals surface area contributed by atoms with Crippen molar-refractivity contribution in [1.82, 2.24) is 5.43 Å². The molecule has 0 saturated heterocycles. The van der Waals surface area contributed by atoms with E-state index in [0.29, 0.717) is 23.9 Å². The van der Waals surface area contributed by atoms with Crippen molar-refractivity contribution >= 4 is 23.9 Å². The molecule has 0 atom stereocenters. The van der Waals surface area contributed by atoms with Gasteiger partial charge in [0.25, 0.3) is 0 Å². The number of carbonyl (C=O) groups is 1. The molecule has 1 amide bonds. The van der Waals surface area contributed by atoms with E-state index in [1.807, 2.05) is 18.2 Å². The van der Waals surface area contributed by atoms with Gasteiger partial charge in [0.05, 0.1) is 19.1 Å². The van der Waals surface area contributed by atoms with Crippen LogP contribution >= 0.6 is 11.8 Å². The van der Waals surface area contributed by atoms with E-state index in [9.17, 15) is 4.79 Å². The Morgan fingerprint density at radius 2 is 2.07 bits per heavy atom. The molecule has 0 aliphatic rings. The number of hydrogen-bond donors (Lipinski definition) is 1. The Kier molecular flexibility index (Phi) is 8.45. The van der Waals surface area contributed by atoms with Crippen molar-refractivity contribution in [2.45, 2.75) is 12.7 Å². The average molecular weight is 385 g/mol. The number of nitrogens with one attached hydrogen (secondary N) is 1. The number of rotatable bonds is 10. The molecule has 142 valence electrons. The highest BCUT2D eigenvalue weighted by Gasteiger charge is 2.05. The molecule has 2 aromatic rings. The molecule has 0 fully saturated rings. The summed E-state index contributed by atoms with van der Waals surface area (Å²) in [5.74, 6) is 2.24. The molecule has 0 radical (unpaired) electrons. The van der Waals surface area contributed by atoms with E-state index in [2.05, 4.69) is 36.2 Å². The molecule has 27 heavy (non-hydrogen) atoms. The predicted molar refractivity (Wildman–Crippen MR) is 112 cm³/mol. The summed E-state index contributed by atoms with van der Waals surface area (Å²) in [5, 5.41) is 4.00. The molecule has 0 aliphatic heterocycles. The minimum atomic E-state index is -0.136. The SMILES string of the molecule is C=CCOc1ccc(C=NNC(=O)CSCc2ccccc2C)cc1OC. The topological polar surface area (TPSA) is 59.9 Å². The van der Waals surface area contributed by atoms with E-state index in [0.717, 1.165) is 11.3 Å². The van der Waals surface area contributed by atoms with E-state index in [1.54, 1.807) is 43.3 Å². The van der Waals surface area contributed by atoms with Gasteiger partial charge in [0.15, 0.2) is 11.5 Å². The van der Waals surface area contributed by atoms with Crippen LogP contribution in [0.1, 0.15) is 16.7 Å². The summed E-state index contributed by atoms with van der Waals surface area (Å²) in [6, 6.07) is 13.6. The first-order valence-electron chi connectivity index (χ1n) is 8.50. The van der Waals surface area contributed by atoms with Crippen molar-refractivity contribution < 1.29 is 14.3 Å². The van der Waals surface area contributed by atoms with Crippen LogP contribution < -0.4 is 14.9 Å². The Hall–Kier alpha value is -2.73. The number of aryl methyl sites for hydroxylation is 1. The quantitative estimate of drug-likeness (QED) is 0.383. The molecule has 0 bridgehead atoms. The highest BCUT2D eigenvalue weighted by Crippen LogP contribution is 2.27. The van der Waals surface area contributed by atoms with E-state index in [1.165, 1.54) is 11.1 Å². The normalized spacial score (nSPS) is 10.6. The van der Waals surface area contributed by atoms with Crippen LogP contribution in [-0.2, 0) is 10.5 Å². The minimum Gasteiger partial charge on any atom is -0.493 e. The average Bonchev–Trinajstić information content (AvgIpc) is 2.68. The highest BCUT2D eigenvalue weighted by atomic mass is 32.2. The van der Waals surface area contributed by atoms with Crippen LogP contribution in [0, 0.1) is 6.92 Å². The van der Waals surface area contributed by atoms with Gasteiger partial charge < -0.3 is 9.47 Å². The lowest BCUT2D eigenvalue weighted by molar-refractivity contribution is -0.118. The molecule has 1 N–H and O–H groups in total. The van der Waals surface area contributed by atoms with Gasteiger partial charge in [0.2, 0.25) is 5.91 Å². The molecule has 2 rings (SSSR count). The summed E-state index contributed by atoms with van der Waals surface area (Å²) in [7, 11) is 1.57. The first-order valence-corrected chi connectivity index (χ1v) is 9.65. The fourth-order valence-corrected chi connectivity index (χ4v) is 3.17. The van der Waals surface area contributed by atoms with Crippen molar-refractivity contribution in [3.63, 3.8) is 0 Å². The zero-order valence-electron chi connectivity index (χ0n) is 15.6. The van der Waals surface area contributed by atoms with Gasteiger partial charge in [-0.05, 0) is 41.8 Å². The Morgan fingerprint density at radius 3 is 2.81 bits per heavy atom. The second-order valence-corrected chi connectivity index (χ2v) is 6.71. The van der Waals surface area contributed by atoms with Crippen LogP contribution in [0.4, 0.5) is 0 Å². The molecule has 2 aromatic carbocycles. The number of methoxy groups -OCH3 is 1. The number of amides is 1. The van der Waals surface area contributed by atoms with Crippen LogP contribution in [-0.4, -0.2) is 31.6 Å². The smallest absolute Gasteiger partial charge is 0.250 e. The number of nitrogens with zero attached hydrogens (tertiary/aromatic N) is 1. The molecule has 0 unspecified atom stereocenters. The second kappa shape index (κ2) is 11.1. The summed E-state index contributed by atoms with van der Waals surface area (Å²) >= 11 is 1.56. The van der Waals surface area contributed by atoms with Crippen LogP contribution in [0.15, 0.2) is 60.2 Å². The summed E-state index contributed by atoms with van der Waals surface area (Å²) in [6.45, 7) is 6.09. The van der Waals surface area contributed by atoms with Gasteiger partial charge in [-0.1, -0.05) is 36.9 Å². The Bertz CT molecular complexity index is 806. The highest BCUT2D eigenvalue weighted by molar-refractivity contribution is 7.99. The fraction of sp³-hybridized carbons (Fsp3) is 0.238. The Morgan fingerprint density at radius 1 is 1.26 bits per heavy atom. The lowest BCUT2D eigenvalue weighted by atomic mass is 10.1. The monoisotopic (exact) mass is 384 g/mol. The van der Waals surface area contributed by atoms with E-state index < -0.39 is 0 Å². The van der Waals surface area contributed by atoms with E-state index in [4.69, 9.17) is 9.47 Å². The lowest BCUT2D eigenvalue weighted by Gasteiger charge is -2.09. The third-order valence-corrected chi connectivity index (χ3v) is 4.68. The molecule has 0 aromatic heterocycles. The summed E-state index contributed by atoms with van der Waals surface area (Å²) in [6.07, 6.45) is 3.24. The van der Waals surface area contributed by atoms with Crippen molar-refractivity contribution in [1.29, 1.82) is 0 Å². The molecule has 0 spiro atoms. The van der Waals surface area contributed by atoms with Crippen LogP contribution in [0.25, 0.3) is 0 Å². The van der Waals surface area contributed by atoms with Gasteiger partial charge in [-0.25, -0.2) is 5.43 Å². The Balaban J connectivity index is 1.81. The summed E-state index contributed by atoms with van der Waals surface area (Å²) in [4.78, 5) is 11.9. The van der Waals surface area contributed by atoms with Crippen LogP contribution in [0.5, 0.6) is 11.5 Å². The number of ether oxygens (including phenoxy) is 2. The zero-order chi connectivity index (χ0) is 19.5. The largest absolute Gasteiger partial charge is 0.493 e. The third kappa shape index (κ3) is 6.83. The van der Waals surface area contributed by atoms with Gasteiger partial charge in [0.1, 0.15) is 6.61 Å². The molecule has 0 aliphatic carbocycles. The number of thioether (sulfide) groups is 1. The fourth-order valence-electron chi connectivity index (χ4n) is 2.27. The molecule has 5 nitrogen and oxygen atoms in total. The van der Waals surface area contributed by atoms with Crippen LogP contribution in [0.2, 0.25) is 0 Å². The number of hydrazone groups is 1. The van der Waals surface area contributed by atoms with Crippen molar-refractivity contribution in [2.75, 3.05) is 19.5 Å². The predicted octanol–water partition coefficient (Wildman–Crippen LogP) is 3.95. The second-order valence-electron chi connectivity index (χ2n) is 5.72. The first kappa shape index (κ1) is 20.6. The molecule has 6 heteroatoms. The number of benzene rings is 2. The van der Waals surface area contributed by atoms with Gasteiger partial charge in [-0.3, -0.25) is 4.79 Å². The minimum absolute atomic E-state index is 0.136. The van der Waals surface area contributed by atoms with Gasteiger partial charge in [-0.15, -0.1) is 11.8 Å². The first-order chi connectivity index (χ1) is 13.1. The van der Waals surface area contributed by atoms with Gasteiger partial charge in [-0.2, -0.15) is 5.10 Å². The summed E-state index contributed by atoms with van der Waals surface area (Å²) in [5.41, 5.74) is 5.81. The van der Waals surface area contributed by atoms with Gasteiger partial charge >= 0.3 is 0 Å². The van der Waals surface area contributed by atoms with Crippen molar-refractivity contribution in [2.24, 2.45) is 5.10 Å². The Labute approximate surface area is 164 Å². The van der Waals surface area contributed by atoms with Crippen molar-refractivity contribution in [3.05, 3.63) is 71.8 Å². The van der Waals surface area contributed by atoms with Crippen molar-refractivity contribution in [3.8, 4) is 11.5 Å².